The van der Waals surface area contributed by atoms with Crippen LogP contribution in [-0.4, -0.2) is 19.1 Å². The first kappa shape index (κ1) is 17.2. The van der Waals surface area contributed by atoms with E-state index in [0.717, 1.165) is 22.8 Å². The number of amides is 2. The Kier molecular flexibility index (Phi) is 6.35. The van der Waals surface area contributed by atoms with Crippen molar-refractivity contribution < 1.29 is 4.79 Å². The van der Waals surface area contributed by atoms with Crippen molar-refractivity contribution in [2.75, 3.05) is 22.7 Å². The van der Waals surface area contributed by atoms with E-state index in [1.165, 1.54) is 5.56 Å². The summed E-state index contributed by atoms with van der Waals surface area (Å²) in [6.45, 7) is 7.52. The monoisotopic (exact) mass is 329 g/mol. The zero-order valence-corrected chi connectivity index (χ0v) is 14.6. The smallest absolute Gasteiger partial charge is 0.321 e. The van der Waals surface area contributed by atoms with Crippen molar-refractivity contribution in [1.29, 1.82) is 0 Å². The molecule has 23 heavy (non-hydrogen) atoms. The van der Waals surface area contributed by atoms with Crippen LogP contribution in [0.3, 0.4) is 0 Å². The van der Waals surface area contributed by atoms with Gasteiger partial charge in [0.2, 0.25) is 0 Å². The molecule has 1 aliphatic rings. The van der Waals surface area contributed by atoms with Crippen LogP contribution in [0.15, 0.2) is 53.4 Å². The van der Waals surface area contributed by atoms with Gasteiger partial charge in [-0.1, -0.05) is 31.5 Å². The third kappa shape index (κ3) is 4.66. The number of anilines is 2. The van der Waals surface area contributed by atoms with E-state index in [0.29, 0.717) is 6.54 Å². The molecule has 1 heterocycles. The number of urea groups is 1. The molecule has 0 atom stereocenters. The lowest BCUT2D eigenvalue weighted by Crippen LogP contribution is -2.27. The fourth-order valence-corrected chi connectivity index (χ4v) is 2.80. The molecule has 5 heteroatoms. The number of hydrogen-bond donors (Lipinski definition) is 2. The van der Waals surface area contributed by atoms with Crippen molar-refractivity contribution in [2.45, 2.75) is 25.7 Å². The zero-order chi connectivity index (χ0) is 16.7. The topological polar surface area (TPSA) is 44.4 Å². The summed E-state index contributed by atoms with van der Waals surface area (Å²) in [4.78, 5) is 14.5. The van der Waals surface area contributed by atoms with Crippen molar-refractivity contribution >= 4 is 29.4 Å². The van der Waals surface area contributed by atoms with Crippen LogP contribution < -0.4 is 14.9 Å². The molecule has 0 aliphatic carbocycles. The molecule has 1 fully saturated rings. The van der Waals surface area contributed by atoms with E-state index < -0.39 is 0 Å². The van der Waals surface area contributed by atoms with E-state index >= 15 is 0 Å². The molecule has 2 aromatic carbocycles. The molecule has 2 aromatic rings. The highest BCUT2D eigenvalue weighted by Gasteiger charge is 2.20. The molecule has 3 rings (SSSR count). The quantitative estimate of drug-likeness (QED) is 0.801. The number of rotatable bonds is 4. The maximum Gasteiger partial charge on any atom is 0.321 e. The first-order valence-corrected chi connectivity index (χ1v) is 8.69. The molecular formula is C18H23N3OS. The average molecular weight is 329 g/mol. The van der Waals surface area contributed by atoms with Crippen molar-refractivity contribution in [1.82, 2.24) is 5.32 Å². The number of aryl methyl sites for hydroxylation is 1. The maximum atomic E-state index is 11.6. The number of carbonyl (C=O) groups is 1. The van der Waals surface area contributed by atoms with E-state index in [-0.39, 0.29) is 6.03 Å². The fraction of sp³-hybridized carbons (Fsp3) is 0.278. The number of benzene rings is 2. The summed E-state index contributed by atoms with van der Waals surface area (Å²) < 4.78 is 3.31. The predicted molar refractivity (Wildman–Crippen MR) is 99.2 cm³/mol. The van der Waals surface area contributed by atoms with E-state index in [2.05, 4.69) is 41.2 Å². The standard InChI is InChI=1S/C16H17N3OS.C2H6/c1-12-2-4-13(5-3-12)18-21-15-8-6-14(7-9-15)19-11-10-17-16(19)20;1-2/h2-9,18H,10-11H2,1H3,(H,17,20);1-2H3. The SMILES string of the molecule is CC.Cc1ccc(NSc2ccc(N3CCNC3=O)cc2)cc1. The Labute approximate surface area is 142 Å². The molecule has 1 aliphatic heterocycles. The minimum absolute atomic E-state index is 0.0202. The van der Waals surface area contributed by atoms with Gasteiger partial charge in [-0.25, -0.2) is 4.79 Å². The fourth-order valence-electron chi connectivity index (χ4n) is 2.15. The van der Waals surface area contributed by atoms with E-state index in [1.54, 1.807) is 16.8 Å². The van der Waals surface area contributed by atoms with Crippen molar-refractivity contribution in [2.24, 2.45) is 0 Å². The van der Waals surface area contributed by atoms with Crippen LogP contribution in [0.5, 0.6) is 0 Å². The van der Waals surface area contributed by atoms with Crippen LogP contribution in [-0.2, 0) is 0 Å². The van der Waals surface area contributed by atoms with Crippen molar-refractivity contribution in [3.05, 3.63) is 54.1 Å². The van der Waals surface area contributed by atoms with Gasteiger partial charge in [0.25, 0.3) is 0 Å². The first-order chi connectivity index (χ1) is 11.2. The average Bonchev–Trinajstić information content (AvgIpc) is 3.03. The second kappa shape index (κ2) is 8.48. The number of nitrogens with zero attached hydrogens (tertiary/aromatic N) is 1. The second-order valence-electron chi connectivity index (χ2n) is 4.95. The van der Waals surface area contributed by atoms with Gasteiger partial charge in [-0.2, -0.15) is 0 Å². The molecule has 2 amide bonds. The summed E-state index contributed by atoms with van der Waals surface area (Å²) in [6, 6.07) is 16.3. The summed E-state index contributed by atoms with van der Waals surface area (Å²) in [5, 5.41) is 2.80. The zero-order valence-electron chi connectivity index (χ0n) is 13.8. The number of hydrogen-bond acceptors (Lipinski definition) is 3. The van der Waals surface area contributed by atoms with Crippen LogP contribution >= 0.6 is 11.9 Å². The van der Waals surface area contributed by atoms with Gasteiger partial charge in [0.1, 0.15) is 0 Å². The molecule has 0 bridgehead atoms. The lowest BCUT2D eigenvalue weighted by atomic mass is 10.2. The highest BCUT2D eigenvalue weighted by molar-refractivity contribution is 8.00. The van der Waals surface area contributed by atoms with Crippen molar-refractivity contribution in [3.63, 3.8) is 0 Å². The molecule has 0 aromatic heterocycles. The summed E-state index contributed by atoms with van der Waals surface area (Å²) in [5.41, 5.74) is 3.26. The Hall–Kier alpha value is -2.14. The van der Waals surface area contributed by atoms with Crippen molar-refractivity contribution in [3.8, 4) is 0 Å². The Morgan fingerprint density at radius 2 is 1.70 bits per heavy atom. The summed E-state index contributed by atoms with van der Waals surface area (Å²) in [7, 11) is 0. The normalized spacial score (nSPS) is 13.2. The Bertz CT molecular complexity index is 626. The Morgan fingerprint density at radius 3 is 2.26 bits per heavy atom. The summed E-state index contributed by atoms with van der Waals surface area (Å²) in [6.07, 6.45) is 0. The van der Waals surface area contributed by atoms with Crippen LogP contribution in [0.2, 0.25) is 0 Å². The molecule has 0 saturated carbocycles. The van der Waals surface area contributed by atoms with E-state index in [4.69, 9.17) is 0 Å². The third-order valence-electron chi connectivity index (χ3n) is 3.34. The van der Waals surface area contributed by atoms with Gasteiger partial charge in [0.05, 0.1) is 0 Å². The minimum atomic E-state index is -0.0202. The van der Waals surface area contributed by atoms with E-state index in [9.17, 15) is 4.79 Å². The van der Waals surface area contributed by atoms with Crippen LogP contribution in [0.25, 0.3) is 0 Å². The molecule has 1 saturated heterocycles. The molecule has 4 nitrogen and oxygen atoms in total. The highest BCUT2D eigenvalue weighted by Crippen LogP contribution is 2.24. The molecular weight excluding hydrogens is 306 g/mol. The largest absolute Gasteiger partial charge is 0.336 e. The maximum absolute atomic E-state index is 11.6. The van der Waals surface area contributed by atoms with Gasteiger partial charge in [0, 0.05) is 29.4 Å². The number of carbonyl (C=O) groups excluding carboxylic acids is 1. The van der Waals surface area contributed by atoms with Crippen LogP contribution in [0.1, 0.15) is 19.4 Å². The lowest BCUT2D eigenvalue weighted by molar-refractivity contribution is 0.252. The van der Waals surface area contributed by atoms with Gasteiger partial charge in [0.15, 0.2) is 0 Å². The summed E-state index contributed by atoms with van der Waals surface area (Å²) >= 11 is 1.56. The Morgan fingerprint density at radius 1 is 1.04 bits per heavy atom. The predicted octanol–water partition coefficient (Wildman–Crippen LogP) is 4.67. The number of nitrogens with one attached hydrogen (secondary N) is 2. The van der Waals surface area contributed by atoms with E-state index in [1.807, 2.05) is 38.1 Å². The molecule has 0 spiro atoms. The van der Waals surface area contributed by atoms with Crippen LogP contribution in [0.4, 0.5) is 16.2 Å². The minimum Gasteiger partial charge on any atom is -0.336 e. The van der Waals surface area contributed by atoms with Gasteiger partial charge in [-0.15, -0.1) is 0 Å². The second-order valence-corrected chi connectivity index (χ2v) is 5.83. The molecule has 2 N–H and O–H groups in total. The lowest BCUT2D eigenvalue weighted by Gasteiger charge is -2.14. The molecule has 0 radical (unpaired) electrons. The van der Waals surface area contributed by atoms with Gasteiger partial charge >= 0.3 is 6.03 Å². The summed E-state index contributed by atoms with van der Waals surface area (Å²) in [5.74, 6) is 0. The molecule has 0 unspecified atom stereocenters. The first-order valence-electron chi connectivity index (χ1n) is 7.87. The van der Waals surface area contributed by atoms with Gasteiger partial charge < -0.3 is 10.0 Å². The molecule has 122 valence electrons. The van der Waals surface area contributed by atoms with Gasteiger partial charge in [-0.05, 0) is 55.3 Å². The third-order valence-corrected chi connectivity index (χ3v) is 4.19. The van der Waals surface area contributed by atoms with Gasteiger partial charge in [-0.3, -0.25) is 4.90 Å². The van der Waals surface area contributed by atoms with Crippen LogP contribution in [0, 0.1) is 6.92 Å². The Balaban J connectivity index is 0.000000924. The highest BCUT2D eigenvalue weighted by atomic mass is 32.2.